The molecule has 0 saturated carbocycles. The molecule has 1 saturated heterocycles. The number of fused-ring (bicyclic) bond motifs is 1. The van der Waals surface area contributed by atoms with Crippen LogP contribution in [0.15, 0.2) is 78.6 Å². The molecular formula is C28H26N2O3. The van der Waals surface area contributed by atoms with Crippen LogP contribution in [0.1, 0.15) is 39.9 Å². The lowest BCUT2D eigenvalue weighted by atomic mass is 10.1. The molecule has 0 aromatic heterocycles. The monoisotopic (exact) mass is 438 g/mol. The average molecular weight is 439 g/mol. The highest BCUT2D eigenvalue weighted by Crippen LogP contribution is 2.36. The fourth-order valence-corrected chi connectivity index (χ4v) is 4.39. The number of amides is 2. The Morgan fingerprint density at radius 2 is 1.73 bits per heavy atom. The molecular weight excluding hydrogens is 412 g/mol. The molecule has 3 aromatic carbocycles. The first-order chi connectivity index (χ1) is 16.1. The van der Waals surface area contributed by atoms with E-state index in [-0.39, 0.29) is 17.6 Å². The van der Waals surface area contributed by atoms with Crippen LogP contribution in [0.25, 0.3) is 6.08 Å². The summed E-state index contributed by atoms with van der Waals surface area (Å²) in [6.45, 7) is 4.15. The second-order valence-electron chi connectivity index (χ2n) is 8.58. The highest BCUT2D eigenvalue weighted by molar-refractivity contribution is 6.09. The van der Waals surface area contributed by atoms with Gasteiger partial charge in [0.2, 0.25) is 0 Å². The van der Waals surface area contributed by atoms with Gasteiger partial charge in [-0.2, -0.15) is 0 Å². The van der Waals surface area contributed by atoms with E-state index in [2.05, 4.69) is 6.07 Å². The third-order valence-corrected chi connectivity index (χ3v) is 6.10. The van der Waals surface area contributed by atoms with Crippen LogP contribution in [0, 0.1) is 6.92 Å². The number of hydrogen-bond acceptors (Lipinski definition) is 3. The van der Waals surface area contributed by atoms with Gasteiger partial charge < -0.3 is 9.64 Å². The number of nitrogens with zero attached hydrogens (tertiary/aromatic N) is 2. The molecule has 0 aliphatic carbocycles. The summed E-state index contributed by atoms with van der Waals surface area (Å²) in [5.41, 5.74) is 4.45. The first-order valence-corrected chi connectivity index (χ1v) is 11.3. The van der Waals surface area contributed by atoms with Gasteiger partial charge in [0.15, 0.2) is 11.5 Å². The summed E-state index contributed by atoms with van der Waals surface area (Å²) in [6.07, 6.45) is 3.87. The number of hydrogen-bond donors (Lipinski definition) is 0. The minimum Gasteiger partial charge on any atom is -0.449 e. The number of carbonyl (C=O) groups is 2. The van der Waals surface area contributed by atoms with E-state index < -0.39 is 0 Å². The van der Waals surface area contributed by atoms with Gasteiger partial charge in [0.05, 0.1) is 12.2 Å². The molecule has 1 fully saturated rings. The second kappa shape index (κ2) is 8.94. The Morgan fingerprint density at radius 1 is 0.970 bits per heavy atom. The summed E-state index contributed by atoms with van der Waals surface area (Å²) >= 11 is 0. The molecule has 0 spiro atoms. The summed E-state index contributed by atoms with van der Waals surface area (Å²) in [5, 5.41) is 0. The predicted octanol–water partition coefficient (Wildman–Crippen LogP) is 5.20. The van der Waals surface area contributed by atoms with Crippen molar-refractivity contribution in [3.05, 3.63) is 101 Å². The van der Waals surface area contributed by atoms with Crippen molar-refractivity contribution in [1.82, 2.24) is 4.90 Å². The summed E-state index contributed by atoms with van der Waals surface area (Å²) in [4.78, 5) is 29.7. The van der Waals surface area contributed by atoms with Crippen molar-refractivity contribution in [2.75, 3.05) is 18.0 Å². The molecule has 166 valence electrons. The van der Waals surface area contributed by atoms with E-state index in [0.29, 0.717) is 17.9 Å². The van der Waals surface area contributed by atoms with E-state index in [0.717, 1.165) is 48.3 Å². The first-order valence-electron chi connectivity index (χ1n) is 11.3. The molecule has 0 N–H and O–H groups in total. The molecule has 5 nitrogen and oxygen atoms in total. The van der Waals surface area contributed by atoms with E-state index in [1.807, 2.05) is 78.6 Å². The van der Waals surface area contributed by atoms with Crippen molar-refractivity contribution in [3.8, 4) is 5.75 Å². The van der Waals surface area contributed by atoms with Gasteiger partial charge in [0.25, 0.3) is 11.8 Å². The first kappa shape index (κ1) is 21.0. The number of likely N-dealkylation sites (tertiary alicyclic amines) is 1. The van der Waals surface area contributed by atoms with Gasteiger partial charge in [0.1, 0.15) is 0 Å². The van der Waals surface area contributed by atoms with Crippen molar-refractivity contribution in [2.24, 2.45) is 0 Å². The maximum Gasteiger partial charge on any atom is 0.294 e. The molecule has 2 amide bonds. The molecule has 0 atom stereocenters. The Kier molecular flexibility index (Phi) is 5.69. The largest absolute Gasteiger partial charge is 0.449 e. The van der Waals surface area contributed by atoms with Gasteiger partial charge >= 0.3 is 0 Å². The third kappa shape index (κ3) is 4.40. The number of rotatable bonds is 4. The Morgan fingerprint density at radius 3 is 2.48 bits per heavy atom. The molecule has 0 radical (unpaired) electrons. The van der Waals surface area contributed by atoms with Gasteiger partial charge in [-0.1, -0.05) is 54.1 Å². The Hall–Kier alpha value is -3.86. The summed E-state index contributed by atoms with van der Waals surface area (Å²) in [7, 11) is 0. The van der Waals surface area contributed by atoms with Gasteiger partial charge in [-0.3, -0.25) is 14.5 Å². The quantitative estimate of drug-likeness (QED) is 0.526. The highest BCUT2D eigenvalue weighted by Gasteiger charge is 2.30. The van der Waals surface area contributed by atoms with Crippen LogP contribution in [0.5, 0.6) is 5.75 Å². The number of para-hydroxylation sites is 2. The van der Waals surface area contributed by atoms with Crippen molar-refractivity contribution < 1.29 is 14.3 Å². The molecule has 5 heteroatoms. The fourth-order valence-electron chi connectivity index (χ4n) is 4.39. The lowest BCUT2D eigenvalue weighted by molar-refractivity contribution is -0.117. The van der Waals surface area contributed by atoms with Crippen LogP contribution in [0.2, 0.25) is 0 Å². The van der Waals surface area contributed by atoms with E-state index >= 15 is 0 Å². The van der Waals surface area contributed by atoms with Crippen LogP contribution in [-0.2, 0) is 11.3 Å². The molecule has 33 heavy (non-hydrogen) atoms. The number of anilines is 1. The van der Waals surface area contributed by atoms with Gasteiger partial charge in [0, 0.05) is 18.7 Å². The Balaban J connectivity index is 1.42. The molecule has 5 rings (SSSR count). The highest BCUT2D eigenvalue weighted by atomic mass is 16.5. The maximum atomic E-state index is 13.4. The number of ether oxygens (including phenoxy) is 1. The van der Waals surface area contributed by atoms with E-state index in [9.17, 15) is 9.59 Å². The fraction of sp³-hybridized carbons (Fsp3) is 0.214. The van der Waals surface area contributed by atoms with E-state index in [4.69, 9.17) is 4.74 Å². The maximum absolute atomic E-state index is 13.4. The molecule has 0 unspecified atom stereocenters. The molecule has 2 aliphatic heterocycles. The standard InChI is InChI=1S/C28H26N2O3/c1-20-7-6-8-22(17-20)19-30-24-9-2-3-10-25(24)33-26(28(30)32)18-21-11-13-23(14-12-21)27(31)29-15-4-5-16-29/h2-3,6-14,17-18H,4-5,15-16,19H2,1H3/b26-18+. The van der Waals surface area contributed by atoms with Crippen LogP contribution in [-0.4, -0.2) is 29.8 Å². The predicted molar refractivity (Wildman–Crippen MR) is 129 cm³/mol. The smallest absolute Gasteiger partial charge is 0.294 e. The summed E-state index contributed by atoms with van der Waals surface area (Å²) in [5.74, 6) is 0.791. The minimum absolute atomic E-state index is 0.0648. The molecule has 2 heterocycles. The van der Waals surface area contributed by atoms with E-state index in [1.165, 1.54) is 0 Å². The third-order valence-electron chi connectivity index (χ3n) is 6.10. The molecule has 3 aromatic rings. The Labute approximate surface area is 193 Å². The normalized spacial score (nSPS) is 16.6. The van der Waals surface area contributed by atoms with Crippen LogP contribution >= 0.6 is 0 Å². The number of benzene rings is 3. The average Bonchev–Trinajstić information content (AvgIpc) is 3.37. The van der Waals surface area contributed by atoms with Crippen molar-refractivity contribution in [3.63, 3.8) is 0 Å². The van der Waals surface area contributed by atoms with Crippen molar-refractivity contribution >= 4 is 23.6 Å². The lowest BCUT2D eigenvalue weighted by Crippen LogP contribution is -2.36. The zero-order chi connectivity index (χ0) is 22.8. The van der Waals surface area contributed by atoms with Gasteiger partial charge in [-0.25, -0.2) is 0 Å². The van der Waals surface area contributed by atoms with E-state index in [1.54, 1.807) is 11.0 Å². The summed E-state index contributed by atoms with van der Waals surface area (Å²) in [6, 6.07) is 23.1. The Bertz CT molecular complexity index is 1220. The zero-order valence-corrected chi connectivity index (χ0v) is 18.7. The summed E-state index contributed by atoms with van der Waals surface area (Å²) < 4.78 is 5.99. The number of carbonyl (C=O) groups excluding carboxylic acids is 2. The zero-order valence-electron chi connectivity index (χ0n) is 18.7. The second-order valence-corrected chi connectivity index (χ2v) is 8.58. The van der Waals surface area contributed by atoms with Crippen molar-refractivity contribution in [1.29, 1.82) is 0 Å². The molecule has 0 bridgehead atoms. The van der Waals surface area contributed by atoms with Gasteiger partial charge in [-0.05, 0) is 61.2 Å². The van der Waals surface area contributed by atoms with Crippen LogP contribution in [0.3, 0.4) is 0 Å². The van der Waals surface area contributed by atoms with Gasteiger partial charge in [-0.15, -0.1) is 0 Å². The minimum atomic E-state index is -0.188. The van der Waals surface area contributed by atoms with Crippen molar-refractivity contribution in [2.45, 2.75) is 26.3 Å². The topological polar surface area (TPSA) is 49.9 Å². The SMILES string of the molecule is Cc1cccc(CN2C(=O)/C(=C\c3ccc(C(=O)N4CCCC4)cc3)Oc3ccccc32)c1. The van der Waals surface area contributed by atoms with Crippen LogP contribution in [0.4, 0.5) is 5.69 Å². The molecule has 2 aliphatic rings. The lowest BCUT2D eigenvalue weighted by Gasteiger charge is -2.30. The number of aryl methyl sites for hydroxylation is 1. The van der Waals surface area contributed by atoms with Crippen LogP contribution < -0.4 is 9.64 Å².